The number of aryl methyl sites for hydroxylation is 1. The summed E-state index contributed by atoms with van der Waals surface area (Å²) in [5.41, 5.74) is 1.86. The molecule has 0 fully saturated rings. The highest BCUT2D eigenvalue weighted by Crippen LogP contribution is 2.29. The second kappa shape index (κ2) is 4.90. The number of rotatable bonds is 2. The summed E-state index contributed by atoms with van der Waals surface area (Å²) < 4.78 is 5.29. The second-order valence-corrected chi connectivity index (χ2v) is 4.32. The van der Waals surface area contributed by atoms with Crippen molar-refractivity contribution in [2.75, 3.05) is 7.11 Å². The topological polar surface area (TPSA) is 35.0 Å². The van der Waals surface area contributed by atoms with Crippen LogP contribution in [-0.2, 0) is 0 Å². The highest BCUT2D eigenvalue weighted by molar-refractivity contribution is 6.33. The Labute approximate surface area is 109 Å². The molecule has 2 rings (SSSR count). The molecule has 3 nitrogen and oxygen atoms in total. The van der Waals surface area contributed by atoms with Crippen LogP contribution in [0.1, 0.15) is 5.56 Å². The first kappa shape index (κ1) is 12.1. The van der Waals surface area contributed by atoms with Gasteiger partial charge in [-0.3, -0.25) is 0 Å². The van der Waals surface area contributed by atoms with E-state index in [0.717, 1.165) is 11.1 Å². The standard InChI is InChI=1S/C12H10Cl2N2O/c1-7-3-4-8(9(5-7)17-2)12-15-10(13)6-11(14)16-12/h3-6H,1-2H3. The third-order valence-electron chi connectivity index (χ3n) is 2.26. The summed E-state index contributed by atoms with van der Waals surface area (Å²) in [6.07, 6.45) is 0. The maximum Gasteiger partial charge on any atom is 0.166 e. The third-order valence-corrected chi connectivity index (χ3v) is 2.65. The van der Waals surface area contributed by atoms with Crippen molar-refractivity contribution in [3.8, 4) is 17.1 Å². The Bertz CT molecular complexity index is 538. The predicted molar refractivity (Wildman–Crippen MR) is 68.8 cm³/mol. The number of methoxy groups -OCH3 is 1. The van der Waals surface area contributed by atoms with Crippen molar-refractivity contribution < 1.29 is 4.74 Å². The van der Waals surface area contributed by atoms with E-state index in [1.165, 1.54) is 6.07 Å². The highest BCUT2D eigenvalue weighted by atomic mass is 35.5. The molecule has 0 saturated heterocycles. The monoisotopic (exact) mass is 268 g/mol. The zero-order valence-electron chi connectivity index (χ0n) is 9.37. The average Bonchev–Trinajstić information content (AvgIpc) is 2.27. The Morgan fingerprint density at radius 3 is 2.29 bits per heavy atom. The van der Waals surface area contributed by atoms with Gasteiger partial charge in [0.25, 0.3) is 0 Å². The van der Waals surface area contributed by atoms with E-state index in [0.29, 0.717) is 21.9 Å². The fourth-order valence-electron chi connectivity index (χ4n) is 1.49. The Hall–Kier alpha value is -1.32. The summed E-state index contributed by atoms with van der Waals surface area (Å²) in [4.78, 5) is 8.26. The second-order valence-electron chi connectivity index (χ2n) is 3.54. The molecule has 0 radical (unpaired) electrons. The minimum absolute atomic E-state index is 0.308. The molecular formula is C12H10Cl2N2O. The zero-order chi connectivity index (χ0) is 12.4. The van der Waals surface area contributed by atoms with Gasteiger partial charge in [-0.2, -0.15) is 0 Å². The van der Waals surface area contributed by atoms with E-state index < -0.39 is 0 Å². The maximum atomic E-state index is 5.85. The minimum atomic E-state index is 0.308. The lowest BCUT2D eigenvalue weighted by Gasteiger charge is -2.08. The van der Waals surface area contributed by atoms with Crippen LogP contribution >= 0.6 is 23.2 Å². The molecule has 17 heavy (non-hydrogen) atoms. The Kier molecular flexibility index (Phi) is 3.50. The molecule has 0 saturated carbocycles. The first-order valence-corrected chi connectivity index (χ1v) is 5.71. The van der Waals surface area contributed by atoms with Crippen molar-refractivity contribution in [2.45, 2.75) is 6.92 Å². The quantitative estimate of drug-likeness (QED) is 0.778. The van der Waals surface area contributed by atoms with Crippen molar-refractivity contribution in [3.63, 3.8) is 0 Å². The minimum Gasteiger partial charge on any atom is -0.496 e. The number of halogens is 2. The van der Waals surface area contributed by atoms with Crippen molar-refractivity contribution >= 4 is 23.2 Å². The normalized spacial score (nSPS) is 10.4. The van der Waals surface area contributed by atoms with E-state index in [2.05, 4.69) is 9.97 Å². The van der Waals surface area contributed by atoms with E-state index in [1.807, 2.05) is 25.1 Å². The van der Waals surface area contributed by atoms with Gasteiger partial charge in [-0.15, -0.1) is 0 Å². The zero-order valence-corrected chi connectivity index (χ0v) is 10.9. The van der Waals surface area contributed by atoms with Gasteiger partial charge in [0.2, 0.25) is 0 Å². The number of hydrogen-bond acceptors (Lipinski definition) is 3. The number of nitrogens with zero attached hydrogens (tertiary/aromatic N) is 2. The molecule has 0 aliphatic carbocycles. The molecule has 0 amide bonds. The van der Waals surface area contributed by atoms with E-state index in [1.54, 1.807) is 7.11 Å². The van der Waals surface area contributed by atoms with Crippen molar-refractivity contribution in [1.82, 2.24) is 9.97 Å². The smallest absolute Gasteiger partial charge is 0.166 e. The number of benzene rings is 1. The first-order valence-electron chi connectivity index (χ1n) is 4.95. The van der Waals surface area contributed by atoms with Crippen LogP contribution < -0.4 is 4.74 Å². The summed E-state index contributed by atoms with van der Waals surface area (Å²) in [7, 11) is 1.60. The lowest BCUT2D eigenvalue weighted by atomic mass is 10.1. The summed E-state index contributed by atoms with van der Waals surface area (Å²) >= 11 is 11.7. The number of aromatic nitrogens is 2. The Balaban J connectivity index is 2.59. The molecule has 2 aromatic rings. The van der Waals surface area contributed by atoms with Crippen LogP contribution in [0.4, 0.5) is 0 Å². The van der Waals surface area contributed by atoms with E-state index >= 15 is 0 Å². The lowest BCUT2D eigenvalue weighted by Crippen LogP contribution is -1.94. The van der Waals surface area contributed by atoms with Crippen LogP contribution in [0.5, 0.6) is 5.75 Å². The van der Waals surface area contributed by atoms with Crippen LogP contribution in [0.3, 0.4) is 0 Å². The summed E-state index contributed by atoms with van der Waals surface area (Å²) in [6, 6.07) is 7.24. The summed E-state index contributed by atoms with van der Waals surface area (Å²) in [5, 5.41) is 0.616. The summed E-state index contributed by atoms with van der Waals surface area (Å²) in [5.74, 6) is 1.16. The van der Waals surface area contributed by atoms with Gasteiger partial charge in [-0.25, -0.2) is 9.97 Å². The van der Waals surface area contributed by atoms with Gasteiger partial charge in [0.1, 0.15) is 16.1 Å². The fraction of sp³-hybridized carbons (Fsp3) is 0.167. The summed E-state index contributed by atoms with van der Waals surface area (Å²) in [6.45, 7) is 1.98. The first-order chi connectivity index (χ1) is 8.10. The van der Waals surface area contributed by atoms with Crippen molar-refractivity contribution in [3.05, 3.63) is 40.1 Å². The molecule has 0 unspecified atom stereocenters. The largest absolute Gasteiger partial charge is 0.496 e. The van der Waals surface area contributed by atoms with Gasteiger partial charge < -0.3 is 4.74 Å². The maximum absolute atomic E-state index is 5.85. The molecule has 0 bridgehead atoms. The molecule has 1 heterocycles. The van der Waals surface area contributed by atoms with Gasteiger partial charge in [0.15, 0.2) is 5.82 Å². The van der Waals surface area contributed by atoms with Crippen molar-refractivity contribution in [1.29, 1.82) is 0 Å². The van der Waals surface area contributed by atoms with E-state index in [-0.39, 0.29) is 0 Å². The average molecular weight is 269 g/mol. The number of hydrogen-bond donors (Lipinski definition) is 0. The van der Waals surface area contributed by atoms with Crippen LogP contribution in [0.25, 0.3) is 11.4 Å². The Morgan fingerprint density at radius 1 is 1.06 bits per heavy atom. The molecule has 1 aromatic heterocycles. The molecule has 0 N–H and O–H groups in total. The molecule has 1 aromatic carbocycles. The third kappa shape index (κ3) is 2.68. The van der Waals surface area contributed by atoms with Gasteiger partial charge in [-0.1, -0.05) is 29.3 Å². The molecule has 88 valence electrons. The Morgan fingerprint density at radius 2 is 1.71 bits per heavy atom. The van der Waals surface area contributed by atoms with Crippen LogP contribution in [-0.4, -0.2) is 17.1 Å². The van der Waals surface area contributed by atoms with Gasteiger partial charge in [0.05, 0.1) is 12.7 Å². The molecular weight excluding hydrogens is 259 g/mol. The van der Waals surface area contributed by atoms with Crippen LogP contribution in [0.15, 0.2) is 24.3 Å². The lowest BCUT2D eigenvalue weighted by molar-refractivity contribution is 0.416. The van der Waals surface area contributed by atoms with E-state index in [4.69, 9.17) is 27.9 Å². The van der Waals surface area contributed by atoms with Gasteiger partial charge in [0, 0.05) is 6.07 Å². The fourth-order valence-corrected chi connectivity index (χ4v) is 1.92. The van der Waals surface area contributed by atoms with Crippen LogP contribution in [0.2, 0.25) is 10.3 Å². The van der Waals surface area contributed by atoms with Crippen molar-refractivity contribution in [2.24, 2.45) is 0 Å². The molecule has 0 atom stereocenters. The number of ether oxygens (including phenoxy) is 1. The molecule has 0 aliphatic rings. The van der Waals surface area contributed by atoms with Gasteiger partial charge in [-0.05, 0) is 24.6 Å². The predicted octanol–water partition coefficient (Wildman–Crippen LogP) is 3.77. The molecule has 0 spiro atoms. The van der Waals surface area contributed by atoms with Crippen LogP contribution in [0, 0.1) is 6.92 Å². The SMILES string of the molecule is COc1cc(C)ccc1-c1nc(Cl)cc(Cl)n1. The molecule has 5 heteroatoms. The molecule has 0 aliphatic heterocycles. The van der Waals surface area contributed by atoms with E-state index in [9.17, 15) is 0 Å². The van der Waals surface area contributed by atoms with Gasteiger partial charge >= 0.3 is 0 Å². The highest BCUT2D eigenvalue weighted by Gasteiger charge is 2.10.